The van der Waals surface area contributed by atoms with Crippen molar-refractivity contribution in [2.24, 2.45) is 0 Å². The van der Waals surface area contributed by atoms with Gasteiger partial charge in [-0.05, 0) is 0 Å². The van der Waals surface area contributed by atoms with Gasteiger partial charge in [0.2, 0.25) is 0 Å². The molecule has 0 unspecified atom stereocenters. The Bertz CT molecular complexity index is 396. The third-order valence-corrected chi connectivity index (χ3v) is 3.34. The quantitative estimate of drug-likeness (QED) is 0.761. The second-order valence-electron chi connectivity index (χ2n) is 4.40. The molecule has 2 aliphatic rings. The molecule has 92 valence electrons. The summed E-state index contributed by atoms with van der Waals surface area (Å²) in [7, 11) is 0. The zero-order valence-corrected chi connectivity index (χ0v) is 9.63. The van der Waals surface area contributed by atoms with Crippen LogP contribution in [-0.4, -0.2) is 42.1 Å². The van der Waals surface area contributed by atoms with Crippen LogP contribution >= 0.6 is 0 Å². The van der Waals surface area contributed by atoms with Crippen molar-refractivity contribution in [3.63, 3.8) is 0 Å². The molecule has 0 aliphatic carbocycles. The van der Waals surface area contributed by atoms with Gasteiger partial charge in [-0.2, -0.15) is 0 Å². The highest BCUT2D eigenvalue weighted by Crippen LogP contribution is 2.32. The minimum absolute atomic E-state index is 0.338. The zero-order valence-electron chi connectivity index (χ0n) is 9.63. The fraction of sp³-hybridized carbons (Fsp3) is 0.636. The summed E-state index contributed by atoms with van der Waals surface area (Å²) in [6.07, 6.45) is 3.24. The number of rotatable bonds is 1. The van der Waals surface area contributed by atoms with Crippen LogP contribution in [0, 0.1) is 0 Å². The van der Waals surface area contributed by atoms with E-state index in [1.807, 2.05) is 0 Å². The van der Waals surface area contributed by atoms with E-state index in [4.69, 9.17) is 15.2 Å². The number of anilines is 2. The third kappa shape index (κ3) is 2.05. The first kappa shape index (κ1) is 10.7. The summed E-state index contributed by atoms with van der Waals surface area (Å²) in [4.78, 5) is 10.3. The molecule has 1 aromatic heterocycles. The monoisotopic (exact) mass is 236 g/mol. The Morgan fingerprint density at radius 3 is 2.53 bits per heavy atom. The second-order valence-corrected chi connectivity index (χ2v) is 4.40. The van der Waals surface area contributed by atoms with Gasteiger partial charge in [0.15, 0.2) is 5.79 Å². The standard InChI is InChI=1S/C11H16N4O2/c12-9-7-10(14-8-13-9)15-3-1-11(2-4-15)16-5-6-17-11/h7-8H,1-6H2,(H2,12,13,14). The Kier molecular flexibility index (Phi) is 2.60. The number of piperidine rings is 1. The average Bonchev–Trinajstić information content (AvgIpc) is 2.79. The molecule has 0 atom stereocenters. The van der Waals surface area contributed by atoms with Crippen LogP contribution < -0.4 is 10.6 Å². The highest BCUT2D eigenvalue weighted by molar-refractivity contribution is 5.46. The van der Waals surface area contributed by atoms with Crippen molar-refractivity contribution in [2.75, 3.05) is 36.9 Å². The number of aromatic nitrogens is 2. The van der Waals surface area contributed by atoms with Crippen LogP contribution in [0.4, 0.5) is 11.6 Å². The fourth-order valence-corrected chi connectivity index (χ4v) is 2.40. The lowest BCUT2D eigenvalue weighted by Gasteiger charge is -2.38. The molecule has 17 heavy (non-hydrogen) atoms. The lowest BCUT2D eigenvalue weighted by atomic mass is 10.0. The number of hydrogen-bond donors (Lipinski definition) is 1. The highest BCUT2D eigenvalue weighted by Gasteiger charge is 2.39. The normalized spacial score (nSPS) is 23.2. The summed E-state index contributed by atoms with van der Waals surface area (Å²) < 4.78 is 11.4. The highest BCUT2D eigenvalue weighted by atomic mass is 16.7. The van der Waals surface area contributed by atoms with Gasteiger partial charge in [-0.1, -0.05) is 0 Å². The molecule has 2 saturated heterocycles. The van der Waals surface area contributed by atoms with Crippen molar-refractivity contribution in [1.82, 2.24) is 9.97 Å². The topological polar surface area (TPSA) is 73.5 Å². The summed E-state index contributed by atoms with van der Waals surface area (Å²) >= 11 is 0. The van der Waals surface area contributed by atoms with E-state index in [-0.39, 0.29) is 5.79 Å². The van der Waals surface area contributed by atoms with Crippen LogP contribution in [0.3, 0.4) is 0 Å². The summed E-state index contributed by atoms with van der Waals surface area (Å²) in [5.74, 6) is 1.05. The molecule has 2 aliphatic heterocycles. The van der Waals surface area contributed by atoms with Crippen LogP contribution in [0.25, 0.3) is 0 Å². The van der Waals surface area contributed by atoms with E-state index in [0.717, 1.165) is 31.7 Å². The van der Waals surface area contributed by atoms with Gasteiger partial charge in [0.1, 0.15) is 18.0 Å². The molecule has 0 radical (unpaired) electrons. The Morgan fingerprint density at radius 1 is 1.18 bits per heavy atom. The smallest absolute Gasteiger partial charge is 0.171 e. The molecule has 3 heterocycles. The molecule has 0 bridgehead atoms. The molecule has 0 aromatic carbocycles. The average molecular weight is 236 g/mol. The fourth-order valence-electron chi connectivity index (χ4n) is 2.40. The summed E-state index contributed by atoms with van der Waals surface area (Å²) in [5.41, 5.74) is 5.65. The first-order chi connectivity index (χ1) is 8.27. The first-order valence-corrected chi connectivity index (χ1v) is 5.88. The Morgan fingerprint density at radius 2 is 1.88 bits per heavy atom. The minimum Gasteiger partial charge on any atom is -0.384 e. The lowest BCUT2D eigenvalue weighted by molar-refractivity contribution is -0.169. The van der Waals surface area contributed by atoms with Crippen molar-refractivity contribution in [3.8, 4) is 0 Å². The molecule has 1 spiro atoms. The van der Waals surface area contributed by atoms with Crippen LogP contribution in [0.15, 0.2) is 12.4 Å². The van der Waals surface area contributed by atoms with Crippen LogP contribution in [0.2, 0.25) is 0 Å². The molecule has 3 rings (SSSR count). The van der Waals surface area contributed by atoms with Gasteiger partial charge in [0, 0.05) is 32.0 Å². The van der Waals surface area contributed by atoms with Crippen LogP contribution in [0.1, 0.15) is 12.8 Å². The van der Waals surface area contributed by atoms with Crippen LogP contribution in [-0.2, 0) is 9.47 Å². The number of nitrogen functional groups attached to an aromatic ring is 1. The number of nitrogens with zero attached hydrogens (tertiary/aromatic N) is 3. The van der Waals surface area contributed by atoms with Gasteiger partial charge in [-0.3, -0.25) is 0 Å². The summed E-state index contributed by atoms with van der Waals surface area (Å²) in [6.45, 7) is 3.16. The van der Waals surface area contributed by atoms with Crippen molar-refractivity contribution < 1.29 is 9.47 Å². The van der Waals surface area contributed by atoms with E-state index in [0.29, 0.717) is 19.0 Å². The lowest BCUT2D eigenvalue weighted by Crippen LogP contribution is -2.45. The summed E-state index contributed by atoms with van der Waals surface area (Å²) in [5, 5.41) is 0. The largest absolute Gasteiger partial charge is 0.384 e. The van der Waals surface area contributed by atoms with E-state index in [9.17, 15) is 0 Å². The maximum Gasteiger partial charge on any atom is 0.171 e. The number of ether oxygens (including phenoxy) is 2. The van der Waals surface area contributed by atoms with E-state index >= 15 is 0 Å². The maximum absolute atomic E-state index is 5.68. The molecule has 1 aromatic rings. The Hall–Kier alpha value is -1.40. The predicted octanol–water partition coefficient (Wildman–Crippen LogP) is 0.402. The van der Waals surface area contributed by atoms with Crippen molar-refractivity contribution >= 4 is 11.6 Å². The van der Waals surface area contributed by atoms with Crippen molar-refractivity contribution in [1.29, 1.82) is 0 Å². The van der Waals surface area contributed by atoms with Crippen LogP contribution in [0.5, 0.6) is 0 Å². The van der Waals surface area contributed by atoms with Crippen molar-refractivity contribution in [2.45, 2.75) is 18.6 Å². The van der Waals surface area contributed by atoms with E-state index in [2.05, 4.69) is 14.9 Å². The number of nitrogens with two attached hydrogens (primary N) is 1. The number of hydrogen-bond acceptors (Lipinski definition) is 6. The molecule has 0 amide bonds. The maximum atomic E-state index is 5.68. The second kappa shape index (κ2) is 4.12. The Labute approximate surface area is 99.7 Å². The first-order valence-electron chi connectivity index (χ1n) is 5.88. The molecule has 2 N–H and O–H groups in total. The van der Waals surface area contributed by atoms with Gasteiger partial charge < -0.3 is 20.1 Å². The molecule has 6 nitrogen and oxygen atoms in total. The molecule has 6 heteroatoms. The SMILES string of the molecule is Nc1cc(N2CCC3(CC2)OCCO3)ncn1. The molecular formula is C11H16N4O2. The minimum atomic E-state index is -0.338. The molecular weight excluding hydrogens is 220 g/mol. The van der Waals surface area contributed by atoms with Crippen molar-refractivity contribution in [3.05, 3.63) is 12.4 Å². The summed E-state index contributed by atoms with van der Waals surface area (Å²) in [6, 6.07) is 1.80. The molecule has 2 fully saturated rings. The van der Waals surface area contributed by atoms with Gasteiger partial charge >= 0.3 is 0 Å². The van der Waals surface area contributed by atoms with Gasteiger partial charge in [0.05, 0.1) is 13.2 Å². The van der Waals surface area contributed by atoms with Gasteiger partial charge in [-0.15, -0.1) is 0 Å². The van der Waals surface area contributed by atoms with E-state index < -0.39 is 0 Å². The predicted molar refractivity (Wildman–Crippen MR) is 62.5 cm³/mol. The zero-order chi connectivity index (χ0) is 11.7. The van der Waals surface area contributed by atoms with E-state index in [1.165, 1.54) is 6.33 Å². The van der Waals surface area contributed by atoms with E-state index in [1.54, 1.807) is 6.07 Å². The Balaban J connectivity index is 1.68. The third-order valence-electron chi connectivity index (χ3n) is 3.34. The van der Waals surface area contributed by atoms with Gasteiger partial charge in [-0.25, -0.2) is 9.97 Å². The molecule has 0 saturated carbocycles. The van der Waals surface area contributed by atoms with Gasteiger partial charge in [0.25, 0.3) is 0 Å².